The van der Waals surface area contributed by atoms with E-state index >= 15 is 0 Å². The third kappa shape index (κ3) is 42.7. The van der Waals surface area contributed by atoms with E-state index in [9.17, 15) is 0 Å². The first kappa shape index (κ1) is 26.6. The SMILES string of the molecule is OCCCCCCO.OCCCCCCO.OCCCCO. The zero-order chi connectivity index (χ0) is 17.3. The Balaban J connectivity index is -0.000000249. The molecule has 6 N–H and O–H groups in total. The summed E-state index contributed by atoms with van der Waals surface area (Å²) in [5, 5.41) is 49.4. The molecule has 0 saturated carbocycles. The predicted octanol–water partition coefficient (Wildman–Crippen LogP) is 0.814. The van der Waals surface area contributed by atoms with Crippen LogP contribution in [0.1, 0.15) is 64.2 Å². The van der Waals surface area contributed by atoms with Gasteiger partial charge in [0.15, 0.2) is 0 Å². The maximum atomic E-state index is 8.30. The Morgan fingerprint density at radius 1 is 0.227 bits per heavy atom. The quantitative estimate of drug-likeness (QED) is 0.279. The van der Waals surface area contributed by atoms with Crippen LogP contribution >= 0.6 is 0 Å². The van der Waals surface area contributed by atoms with Crippen LogP contribution in [0.25, 0.3) is 0 Å². The Labute approximate surface area is 135 Å². The number of hydrogen-bond acceptors (Lipinski definition) is 6. The Morgan fingerprint density at radius 2 is 0.364 bits per heavy atom. The van der Waals surface area contributed by atoms with Gasteiger partial charge in [-0.25, -0.2) is 0 Å². The lowest BCUT2D eigenvalue weighted by atomic mass is 10.2. The lowest BCUT2D eigenvalue weighted by Gasteiger charge is -1.93. The van der Waals surface area contributed by atoms with E-state index in [0.29, 0.717) is 0 Å². The molecule has 138 valence electrons. The molecule has 0 aromatic rings. The van der Waals surface area contributed by atoms with Gasteiger partial charge >= 0.3 is 0 Å². The maximum Gasteiger partial charge on any atom is 0.0431 e. The molecule has 0 heterocycles. The number of aliphatic hydroxyl groups excluding tert-OH is 6. The maximum absolute atomic E-state index is 8.30. The molecule has 0 aromatic heterocycles. The molecular weight excluding hydrogens is 288 g/mol. The molecule has 0 rings (SSSR count). The fourth-order valence-electron chi connectivity index (χ4n) is 1.38. The van der Waals surface area contributed by atoms with E-state index in [1.807, 2.05) is 0 Å². The van der Waals surface area contributed by atoms with Gasteiger partial charge < -0.3 is 30.6 Å². The average molecular weight is 326 g/mol. The monoisotopic (exact) mass is 326 g/mol. The van der Waals surface area contributed by atoms with Crippen molar-refractivity contribution in [3.05, 3.63) is 0 Å². The molecule has 0 bridgehead atoms. The van der Waals surface area contributed by atoms with E-state index in [4.69, 9.17) is 30.6 Å². The first-order valence-electron chi connectivity index (χ1n) is 8.40. The highest BCUT2D eigenvalue weighted by atomic mass is 16.3. The summed E-state index contributed by atoms with van der Waals surface area (Å²) in [6.07, 6.45) is 9.09. The molecule has 0 aliphatic rings. The lowest BCUT2D eigenvalue weighted by Crippen LogP contribution is -1.85. The van der Waals surface area contributed by atoms with Gasteiger partial charge in [0, 0.05) is 39.6 Å². The first-order chi connectivity index (χ1) is 10.7. The third-order valence-electron chi connectivity index (χ3n) is 2.70. The highest BCUT2D eigenvalue weighted by Crippen LogP contribution is 1.97. The van der Waals surface area contributed by atoms with E-state index in [1.165, 1.54) is 0 Å². The zero-order valence-electron chi connectivity index (χ0n) is 14.0. The van der Waals surface area contributed by atoms with Gasteiger partial charge in [-0.15, -0.1) is 0 Å². The fourth-order valence-corrected chi connectivity index (χ4v) is 1.38. The van der Waals surface area contributed by atoms with Crippen molar-refractivity contribution < 1.29 is 30.6 Å². The van der Waals surface area contributed by atoms with Crippen molar-refractivity contribution in [2.75, 3.05) is 39.6 Å². The molecule has 0 fully saturated rings. The van der Waals surface area contributed by atoms with Crippen molar-refractivity contribution in [2.24, 2.45) is 0 Å². The van der Waals surface area contributed by atoms with Crippen molar-refractivity contribution in [2.45, 2.75) is 64.2 Å². The van der Waals surface area contributed by atoms with E-state index in [0.717, 1.165) is 64.2 Å². The molecule has 0 atom stereocenters. The van der Waals surface area contributed by atoms with Gasteiger partial charge in [-0.3, -0.25) is 0 Å². The van der Waals surface area contributed by atoms with E-state index < -0.39 is 0 Å². The van der Waals surface area contributed by atoms with Crippen molar-refractivity contribution in [1.29, 1.82) is 0 Å². The van der Waals surface area contributed by atoms with Gasteiger partial charge in [-0.2, -0.15) is 0 Å². The second kappa shape index (κ2) is 32.6. The summed E-state index contributed by atoms with van der Waals surface area (Å²) in [5.41, 5.74) is 0. The number of unbranched alkanes of at least 4 members (excludes halogenated alkanes) is 7. The summed E-state index contributed by atoms with van der Waals surface area (Å²) in [5.74, 6) is 0. The van der Waals surface area contributed by atoms with Crippen molar-refractivity contribution in [3.8, 4) is 0 Å². The van der Waals surface area contributed by atoms with Gasteiger partial charge in [-0.05, 0) is 38.5 Å². The molecule has 0 radical (unpaired) electrons. The summed E-state index contributed by atoms with van der Waals surface area (Å²) in [7, 11) is 0. The van der Waals surface area contributed by atoms with Crippen molar-refractivity contribution in [1.82, 2.24) is 0 Å². The van der Waals surface area contributed by atoms with Crippen LogP contribution in [0, 0.1) is 0 Å². The second-order valence-corrected chi connectivity index (χ2v) is 4.88. The van der Waals surface area contributed by atoms with Gasteiger partial charge in [-0.1, -0.05) is 25.7 Å². The Hall–Kier alpha value is -0.240. The van der Waals surface area contributed by atoms with E-state index in [1.54, 1.807) is 0 Å². The largest absolute Gasteiger partial charge is 0.396 e. The molecule has 0 saturated heterocycles. The Bertz CT molecular complexity index is 119. The van der Waals surface area contributed by atoms with Gasteiger partial charge in [0.1, 0.15) is 0 Å². The van der Waals surface area contributed by atoms with Gasteiger partial charge in [0.25, 0.3) is 0 Å². The third-order valence-corrected chi connectivity index (χ3v) is 2.70. The van der Waals surface area contributed by atoms with Crippen molar-refractivity contribution >= 4 is 0 Å². The number of hydrogen-bond donors (Lipinski definition) is 6. The highest BCUT2D eigenvalue weighted by molar-refractivity contribution is 4.39. The van der Waals surface area contributed by atoms with Gasteiger partial charge in [0.05, 0.1) is 0 Å². The summed E-state index contributed by atoms with van der Waals surface area (Å²) in [6.45, 7) is 1.52. The van der Waals surface area contributed by atoms with Crippen LogP contribution in [0.5, 0.6) is 0 Å². The van der Waals surface area contributed by atoms with Crippen LogP contribution < -0.4 is 0 Å². The minimum absolute atomic E-state index is 0.195. The molecule has 6 nitrogen and oxygen atoms in total. The van der Waals surface area contributed by atoms with E-state index in [-0.39, 0.29) is 39.6 Å². The normalized spacial score (nSPS) is 9.55. The Kier molecular flexibility index (Phi) is 39.5. The second-order valence-electron chi connectivity index (χ2n) is 4.88. The standard InChI is InChI=1S/2C6H14O2.C4H10O2/c2*7-5-3-1-2-4-6-8;5-3-1-2-4-6/h2*7-8H,1-6H2;5-6H,1-4H2. The molecule has 0 aliphatic heterocycles. The topological polar surface area (TPSA) is 121 Å². The zero-order valence-corrected chi connectivity index (χ0v) is 14.0. The van der Waals surface area contributed by atoms with Crippen LogP contribution in [0.15, 0.2) is 0 Å². The molecule has 0 aromatic carbocycles. The minimum atomic E-state index is 0.195. The lowest BCUT2D eigenvalue weighted by molar-refractivity contribution is 0.242. The smallest absolute Gasteiger partial charge is 0.0431 e. The van der Waals surface area contributed by atoms with Crippen LogP contribution in [-0.4, -0.2) is 70.3 Å². The predicted molar refractivity (Wildman–Crippen MR) is 88.7 cm³/mol. The Morgan fingerprint density at radius 3 is 0.500 bits per heavy atom. The summed E-state index contributed by atoms with van der Waals surface area (Å²) >= 11 is 0. The summed E-state index contributed by atoms with van der Waals surface area (Å²) in [6, 6.07) is 0. The van der Waals surface area contributed by atoms with E-state index in [2.05, 4.69) is 0 Å². The van der Waals surface area contributed by atoms with Crippen LogP contribution in [-0.2, 0) is 0 Å². The van der Waals surface area contributed by atoms with Crippen LogP contribution in [0.4, 0.5) is 0 Å². The first-order valence-corrected chi connectivity index (χ1v) is 8.40. The number of rotatable bonds is 13. The number of aliphatic hydroxyl groups is 6. The molecule has 0 amide bonds. The minimum Gasteiger partial charge on any atom is -0.396 e. The van der Waals surface area contributed by atoms with Crippen LogP contribution in [0.3, 0.4) is 0 Å². The summed E-state index contributed by atoms with van der Waals surface area (Å²) in [4.78, 5) is 0. The highest BCUT2D eigenvalue weighted by Gasteiger charge is 1.85. The molecular formula is C16H38O6. The molecule has 0 aliphatic carbocycles. The molecule has 22 heavy (non-hydrogen) atoms. The molecule has 0 spiro atoms. The van der Waals surface area contributed by atoms with Gasteiger partial charge in [0.2, 0.25) is 0 Å². The van der Waals surface area contributed by atoms with Crippen molar-refractivity contribution in [3.63, 3.8) is 0 Å². The summed E-state index contributed by atoms with van der Waals surface area (Å²) < 4.78 is 0. The average Bonchev–Trinajstić information content (AvgIpc) is 2.55. The van der Waals surface area contributed by atoms with Crippen LogP contribution in [0.2, 0.25) is 0 Å². The molecule has 0 unspecified atom stereocenters. The fraction of sp³-hybridized carbons (Fsp3) is 1.00. The molecule has 6 heteroatoms.